The summed E-state index contributed by atoms with van der Waals surface area (Å²) in [5.41, 5.74) is 0.324. The van der Waals surface area contributed by atoms with Crippen LogP contribution in [0.2, 0.25) is 0 Å². The van der Waals surface area contributed by atoms with E-state index in [1.165, 1.54) is 10.7 Å². The molecule has 0 spiro atoms. The van der Waals surface area contributed by atoms with Gasteiger partial charge in [-0.05, 0) is 45.0 Å². The predicted octanol–water partition coefficient (Wildman–Crippen LogP) is 1.67. The smallest absolute Gasteiger partial charge is 0.170 e. The Morgan fingerprint density at radius 3 is 3.00 bits per heavy atom. The zero-order valence-electron chi connectivity index (χ0n) is 9.19. The van der Waals surface area contributed by atoms with Gasteiger partial charge in [0, 0.05) is 4.47 Å². The van der Waals surface area contributed by atoms with E-state index in [9.17, 15) is 4.39 Å². The Bertz CT molecular complexity index is 493. The molecule has 0 amide bonds. The van der Waals surface area contributed by atoms with E-state index >= 15 is 0 Å². The fourth-order valence-electron chi connectivity index (χ4n) is 1.42. The largest absolute Gasteiger partial charge is 0.310 e. The molecule has 0 aliphatic carbocycles. The molecule has 0 saturated carbocycles. The first-order chi connectivity index (χ1) is 8.24. The molecule has 1 N–H and O–H groups in total. The Kier molecular flexibility index (Phi) is 3.80. The standard InChI is InChI=1S/C10H11BrFN5/c1-2-13-6-9-14-15-16-17(9)10-7(11)4-3-5-8(10)12/h3-5,13H,2,6H2,1H3. The summed E-state index contributed by atoms with van der Waals surface area (Å²) in [7, 11) is 0. The van der Waals surface area contributed by atoms with Crippen LogP contribution in [0.15, 0.2) is 22.7 Å². The Morgan fingerprint density at radius 1 is 1.47 bits per heavy atom. The Balaban J connectivity index is 2.43. The van der Waals surface area contributed by atoms with Crippen molar-refractivity contribution in [1.82, 2.24) is 25.5 Å². The summed E-state index contributed by atoms with van der Waals surface area (Å²) in [6.45, 7) is 3.27. The van der Waals surface area contributed by atoms with Gasteiger partial charge in [-0.15, -0.1) is 5.10 Å². The molecule has 1 aromatic heterocycles. The van der Waals surface area contributed by atoms with E-state index in [2.05, 4.69) is 36.8 Å². The first-order valence-electron chi connectivity index (χ1n) is 5.16. The average molecular weight is 300 g/mol. The minimum Gasteiger partial charge on any atom is -0.310 e. The third-order valence-corrected chi connectivity index (χ3v) is 2.86. The highest BCUT2D eigenvalue weighted by molar-refractivity contribution is 9.10. The summed E-state index contributed by atoms with van der Waals surface area (Å²) in [6.07, 6.45) is 0. The molecule has 2 aromatic rings. The number of halogens is 2. The zero-order chi connectivity index (χ0) is 12.3. The Morgan fingerprint density at radius 2 is 2.29 bits per heavy atom. The predicted molar refractivity (Wildman–Crippen MR) is 64.2 cm³/mol. The summed E-state index contributed by atoms with van der Waals surface area (Å²) in [4.78, 5) is 0. The monoisotopic (exact) mass is 299 g/mol. The van der Waals surface area contributed by atoms with Gasteiger partial charge in [0.2, 0.25) is 0 Å². The first-order valence-corrected chi connectivity index (χ1v) is 5.95. The second kappa shape index (κ2) is 5.33. The summed E-state index contributed by atoms with van der Waals surface area (Å²) in [5, 5.41) is 14.3. The number of hydrogen-bond donors (Lipinski definition) is 1. The van der Waals surface area contributed by atoms with E-state index in [0.29, 0.717) is 22.5 Å². The maximum absolute atomic E-state index is 13.7. The van der Waals surface area contributed by atoms with Gasteiger partial charge in [-0.25, -0.2) is 4.39 Å². The maximum Gasteiger partial charge on any atom is 0.170 e. The summed E-state index contributed by atoms with van der Waals surface area (Å²) in [6, 6.07) is 4.74. The van der Waals surface area contributed by atoms with E-state index in [1.807, 2.05) is 6.92 Å². The van der Waals surface area contributed by atoms with Crippen molar-refractivity contribution in [2.45, 2.75) is 13.5 Å². The second-order valence-electron chi connectivity index (χ2n) is 3.36. The van der Waals surface area contributed by atoms with Gasteiger partial charge in [-0.2, -0.15) is 4.68 Å². The fraction of sp³-hybridized carbons (Fsp3) is 0.300. The lowest BCUT2D eigenvalue weighted by Crippen LogP contribution is -2.17. The summed E-state index contributed by atoms with van der Waals surface area (Å²) >= 11 is 3.29. The van der Waals surface area contributed by atoms with Gasteiger partial charge in [-0.1, -0.05) is 13.0 Å². The van der Waals surface area contributed by atoms with Crippen LogP contribution in [0.1, 0.15) is 12.7 Å². The normalized spacial score (nSPS) is 10.8. The molecule has 0 unspecified atom stereocenters. The third kappa shape index (κ3) is 2.50. The molecule has 1 aromatic carbocycles. The SMILES string of the molecule is CCNCc1nnnn1-c1c(F)cccc1Br. The number of tetrazole rings is 1. The number of nitrogens with zero attached hydrogens (tertiary/aromatic N) is 4. The first kappa shape index (κ1) is 12.1. The second-order valence-corrected chi connectivity index (χ2v) is 4.21. The van der Waals surface area contributed by atoms with Crippen LogP contribution >= 0.6 is 15.9 Å². The zero-order valence-corrected chi connectivity index (χ0v) is 10.8. The van der Waals surface area contributed by atoms with Crippen LogP contribution in [-0.2, 0) is 6.54 Å². The van der Waals surface area contributed by atoms with Crippen molar-refractivity contribution >= 4 is 15.9 Å². The van der Waals surface area contributed by atoms with Crippen LogP contribution in [0, 0.1) is 5.82 Å². The van der Waals surface area contributed by atoms with E-state index in [4.69, 9.17) is 0 Å². The highest BCUT2D eigenvalue weighted by atomic mass is 79.9. The molecule has 0 radical (unpaired) electrons. The van der Waals surface area contributed by atoms with Gasteiger partial charge in [0.15, 0.2) is 5.82 Å². The number of hydrogen-bond acceptors (Lipinski definition) is 4. The number of nitrogens with one attached hydrogen (secondary N) is 1. The van der Waals surface area contributed by atoms with Gasteiger partial charge in [0.25, 0.3) is 0 Å². The fourth-order valence-corrected chi connectivity index (χ4v) is 1.93. The molecule has 17 heavy (non-hydrogen) atoms. The highest BCUT2D eigenvalue weighted by Crippen LogP contribution is 2.23. The van der Waals surface area contributed by atoms with Crippen molar-refractivity contribution in [1.29, 1.82) is 0 Å². The van der Waals surface area contributed by atoms with Gasteiger partial charge in [-0.3, -0.25) is 0 Å². The molecule has 1 heterocycles. The molecule has 90 valence electrons. The van der Waals surface area contributed by atoms with Gasteiger partial charge in [0.05, 0.1) is 6.54 Å². The number of aromatic nitrogens is 4. The van der Waals surface area contributed by atoms with E-state index in [1.54, 1.807) is 12.1 Å². The summed E-state index contributed by atoms with van der Waals surface area (Å²) < 4.78 is 15.8. The van der Waals surface area contributed by atoms with Gasteiger partial charge < -0.3 is 5.32 Å². The van der Waals surface area contributed by atoms with Crippen molar-refractivity contribution in [3.05, 3.63) is 34.3 Å². The lowest BCUT2D eigenvalue weighted by atomic mass is 10.3. The van der Waals surface area contributed by atoms with Crippen molar-refractivity contribution in [2.75, 3.05) is 6.54 Å². The van der Waals surface area contributed by atoms with Crippen LogP contribution in [0.25, 0.3) is 5.69 Å². The third-order valence-electron chi connectivity index (χ3n) is 2.22. The average Bonchev–Trinajstić information content (AvgIpc) is 2.74. The van der Waals surface area contributed by atoms with Crippen molar-refractivity contribution in [2.24, 2.45) is 0 Å². The molecule has 0 aliphatic rings. The van der Waals surface area contributed by atoms with Crippen LogP contribution in [0.4, 0.5) is 4.39 Å². The number of benzene rings is 1. The van der Waals surface area contributed by atoms with Gasteiger partial charge >= 0.3 is 0 Å². The molecule has 0 fully saturated rings. The van der Waals surface area contributed by atoms with Crippen LogP contribution in [0.3, 0.4) is 0 Å². The lowest BCUT2D eigenvalue weighted by Gasteiger charge is -2.07. The number of para-hydroxylation sites is 1. The van der Waals surface area contributed by atoms with Crippen LogP contribution < -0.4 is 5.32 Å². The molecule has 0 bridgehead atoms. The van der Waals surface area contributed by atoms with Crippen molar-refractivity contribution < 1.29 is 4.39 Å². The molecular formula is C10H11BrFN5. The van der Waals surface area contributed by atoms with E-state index in [0.717, 1.165) is 6.54 Å². The van der Waals surface area contributed by atoms with Crippen LogP contribution in [-0.4, -0.2) is 26.8 Å². The quantitative estimate of drug-likeness (QED) is 0.933. The molecule has 2 rings (SSSR count). The molecule has 0 saturated heterocycles. The topological polar surface area (TPSA) is 55.6 Å². The minimum atomic E-state index is -0.371. The highest BCUT2D eigenvalue weighted by Gasteiger charge is 2.14. The lowest BCUT2D eigenvalue weighted by molar-refractivity contribution is 0.593. The molecule has 0 atom stereocenters. The molecule has 0 aliphatic heterocycles. The van der Waals surface area contributed by atoms with E-state index in [-0.39, 0.29) is 5.82 Å². The van der Waals surface area contributed by atoms with Crippen LogP contribution in [0.5, 0.6) is 0 Å². The van der Waals surface area contributed by atoms with Crippen molar-refractivity contribution in [3.8, 4) is 5.69 Å². The maximum atomic E-state index is 13.7. The van der Waals surface area contributed by atoms with Gasteiger partial charge in [0.1, 0.15) is 11.5 Å². The van der Waals surface area contributed by atoms with Crippen molar-refractivity contribution in [3.63, 3.8) is 0 Å². The molecular weight excluding hydrogens is 289 g/mol. The Hall–Kier alpha value is -1.34. The molecule has 7 heteroatoms. The minimum absolute atomic E-state index is 0.324. The molecule has 5 nitrogen and oxygen atoms in total. The number of rotatable bonds is 4. The van der Waals surface area contributed by atoms with E-state index < -0.39 is 0 Å². The summed E-state index contributed by atoms with van der Waals surface area (Å²) in [5.74, 6) is 0.196. The Labute approximate surface area is 106 Å².